The number of anilines is 1. The molecular weight excluding hydrogens is 410 g/mol. The molecule has 2 N–H and O–H groups in total. The molecule has 0 bridgehead atoms. The number of carbonyl (C=O) groups excluding carboxylic acids is 3. The number of amides is 3. The first-order chi connectivity index (χ1) is 15.2. The highest BCUT2D eigenvalue weighted by Crippen LogP contribution is 2.47. The Morgan fingerprint density at radius 2 is 1.75 bits per heavy atom. The van der Waals surface area contributed by atoms with Crippen LogP contribution in [0.2, 0.25) is 0 Å². The van der Waals surface area contributed by atoms with Crippen LogP contribution in [0.5, 0.6) is 0 Å². The van der Waals surface area contributed by atoms with Gasteiger partial charge in [0.25, 0.3) is 5.91 Å². The van der Waals surface area contributed by atoms with E-state index in [9.17, 15) is 14.4 Å². The first-order valence-corrected chi connectivity index (χ1v) is 10.4. The van der Waals surface area contributed by atoms with Gasteiger partial charge in [-0.25, -0.2) is 14.5 Å². The highest BCUT2D eigenvalue weighted by molar-refractivity contribution is 6.23. The van der Waals surface area contributed by atoms with Crippen LogP contribution in [0.1, 0.15) is 38.8 Å². The van der Waals surface area contributed by atoms with Gasteiger partial charge in [-0.3, -0.25) is 10.1 Å². The van der Waals surface area contributed by atoms with Crippen LogP contribution in [0.3, 0.4) is 0 Å². The van der Waals surface area contributed by atoms with Crippen LogP contribution in [0.15, 0.2) is 54.7 Å². The normalized spacial score (nSPS) is 17.9. The molecule has 0 fully saturated rings. The van der Waals surface area contributed by atoms with Crippen LogP contribution in [0.4, 0.5) is 15.3 Å². The molecule has 3 aromatic rings. The molecule has 0 aliphatic carbocycles. The molecule has 0 unspecified atom stereocenters. The van der Waals surface area contributed by atoms with Crippen molar-refractivity contribution < 1.29 is 23.9 Å². The van der Waals surface area contributed by atoms with E-state index in [0.29, 0.717) is 16.8 Å². The lowest BCUT2D eigenvalue weighted by molar-refractivity contribution is -0.122. The molecule has 166 valence electrons. The number of carbonyl (C=O) groups is 3. The van der Waals surface area contributed by atoms with Gasteiger partial charge >= 0.3 is 12.2 Å². The highest BCUT2D eigenvalue weighted by atomic mass is 16.6. The lowest BCUT2D eigenvalue weighted by Gasteiger charge is -2.29. The largest absolute Gasteiger partial charge is 0.450 e. The van der Waals surface area contributed by atoms with Gasteiger partial charge in [0.2, 0.25) is 0 Å². The predicted octanol–water partition coefficient (Wildman–Crippen LogP) is 4.44. The third kappa shape index (κ3) is 3.37. The molecule has 0 saturated heterocycles. The summed E-state index contributed by atoms with van der Waals surface area (Å²) in [6.07, 6.45) is 0.0822. The second kappa shape index (κ2) is 7.71. The van der Waals surface area contributed by atoms with Crippen molar-refractivity contribution in [3.63, 3.8) is 0 Å². The predicted molar refractivity (Wildman–Crippen MR) is 119 cm³/mol. The Morgan fingerprint density at radius 1 is 1.06 bits per heavy atom. The first-order valence-electron chi connectivity index (χ1n) is 10.4. The minimum absolute atomic E-state index is 0.126. The molecule has 1 aromatic heterocycles. The highest BCUT2D eigenvalue weighted by Gasteiger charge is 2.57. The average Bonchev–Trinajstić information content (AvgIpc) is 3.25. The summed E-state index contributed by atoms with van der Waals surface area (Å²) in [4.78, 5) is 43.9. The number of nitrogens with zero attached hydrogens (tertiary/aromatic N) is 1. The summed E-state index contributed by atoms with van der Waals surface area (Å²) in [5, 5.41) is 3.50. The van der Waals surface area contributed by atoms with Gasteiger partial charge in [0.05, 0.1) is 12.3 Å². The molecule has 3 amide bonds. The first kappa shape index (κ1) is 21.4. The Morgan fingerprint density at radius 3 is 2.47 bits per heavy atom. The number of alkyl carbamates (subject to hydrolysis) is 1. The van der Waals surface area contributed by atoms with Gasteiger partial charge in [-0.15, -0.1) is 0 Å². The fraction of sp³-hybridized carbons (Fsp3) is 0.292. The molecule has 32 heavy (non-hydrogen) atoms. The molecule has 2 aromatic carbocycles. The molecule has 0 radical (unpaired) electrons. The number of fused-ring (bicyclic) bond motifs is 2. The summed E-state index contributed by atoms with van der Waals surface area (Å²) in [7, 11) is 0. The van der Waals surface area contributed by atoms with Gasteiger partial charge in [-0.1, -0.05) is 36.4 Å². The summed E-state index contributed by atoms with van der Waals surface area (Å²) in [6.45, 7) is 6.97. The lowest BCUT2D eigenvalue weighted by Crippen LogP contribution is -2.55. The number of ether oxygens (including phenoxy) is 2. The van der Waals surface area contributed by atoms with E-state index in [0.717, 1.165) is 15.8 Å². The second-order valence-corrected chi connectivity index (χ2v) is 8.48. The van der Waals surface area contributed by atoms with E-state index in [1.807, 2.05) is 24.3 Å². The zero-order valence-electron chi connectivity index (χ0n) is 18.4. The van der Waals surface area contributed by atoms with Crippen LogP contribution >= 0.6 is 0 Å². The number of imide groups is 1. The van der Waals surface area contributed by atoms with E-state index in [1.54, 1.807) is 58.2 Å². The molecule has 8 nitrogen and oxygen atoms in total. The number of hydrogen-bond donors (Lipinski definition) is 2. The zero-order chi connectivity index (χ0) is 23.1. The van der Waals surface area contributed by atoms with Crippen molar-refractivity contribution in [1.82, 2.24) is 10.3 Å². The Bertz CT molecular complexity index is 1210. The average molecular weight is 435 g/mol. The van der Waals surface area contributed by atoms with Crippen molar-refractivity contribution in [2.75, 3.05) is 11.5 Å². The van der Waals surface area contributed by atoms with Crippen molar-refractivity contribution in [2.24, 2.45) is 0 Å². The van der Waals surface area contributed by atoms with Gasteiger partial charge in [-0.05, 0) is 39.8 Å². The molecule has 1 aliphatic heterocycles. The summed E-state index contributed by atoms with van der Waals surface area (Å²) >= 11 is 0. The molecule has 0 saturated carbocycles. The number of hydrogen-bond acceptors (Lipinski definition) is 5. The number of para-hydroxylation sites is 2. The maximum Gasteiger partial charge on any atom is 0.421 e. The molecule has 1 aliphatic rings. The smallest absolute Gasteiger partial charge is 0.421 e. The molecule has 0 spiro atoms. The number of aromatic nitrogens is 1. The van der Waals surface area contributed by atoms with Crippen LogP contribution in [-0.4, -0.2) is 35.3 Å². The van der Waals surface area contributed by atoms with Crippen LogP contribution in [0.25, 0.3) is 10.9 Å². The Hall–Kier alpha value is -3.81. The monoisotopic (exact) mass is 435 g/mol. The van der Waals surface area contributed by atoms with Gasteiger partial charge in [0.1, 0.15) is 5.60 Å². The van der Waals surface area contributed by atoms with E-state index in [4.69, 9.17) is 9.47 Å². The molecule has 2 heterocycles. The summed E-state index contributed by atoms with van der Waals surface area (Å²) in [5.41, 5.74) is -0.410. The third-order valence-corrected chi connectivity index (χ3v) is 5.21. The van der Waals surface area contributed by atoms with Crippen LogP contribution in [-0.2, 0) is 19.8 Å². The maximum absolute atomic E-state index is 14.0. The van der Waals surface area contributed by atoms with Crippen molar-refractivity contribution in [3.05, 3.63) is 65.9 Å². The van der Waals surface area contributed by atoms with Crippen molar-refractivity contribution >= 4 is 34.7 Å². The van der Waals surface area contributed by atoms with Gasteiger partial charge in [0, 0.05) is 28.2 Å². The standard InChI is InChI=1S/C24H25N3O5/c1-5-31-21(29)26-24(17-14-25-18-12-8-6-10-15(17)18)16-11-7-9-13-19(16)27(20(24)28)22(30)32-23(2,3)4/h6-14,25H,5H2,1-4H3,(H,26,29)/t24-/m0/s1. The Labute approximate surface area is 185 Å². The molecule has 4 rings (SSSR count). The number of benzene rings is 2. The number of nitrogens with one attached hydrogen (secondary N) is 2. The van der Waals surface area contributed by atoms with E-state index < -0.39 is 29.2 Å². The fourth-order valence-electron chi connectivity index (χ4n) is 4.02. The number of H-pyrrole nitrogens is 1. The van der Waals surface area contributed by atoms with Gasteiger partial charge in [-0.2, -0.15) is 0 Å². The van der Waals surface area contributed by atoms with Gasteiger partial charge in [0.15, 0.2) is 5.54 Å². The van der Waals surface area contributed by atoms with E-state index >= 15 is 0 Å². The quantitative estimate of drug-likeness (QED) is 0.633. The zero-order valence-corrected chi connectivity index (χ0v) is 18.4. The van der Waals surface area contributed by atoms with Crippen molar-refractivity contribution in [2.45, 2.75) is 38.8 Å². The Kier molecular flexibility index (Phi) is 5.16. The van der Waals surface area contributed by atoms with Crippen molar-refractivity contribution in [3.8, 4) is 0 Å². The second-order valence-electron chi connectivity index (χ2n) is 8.48. The Balaban J connectivity index is 1.96. The fourth-order valence-corrected chi connectivity index (χ4v) is 4.02. The van der Waals surface area contributed by atoms with Crippen LogP contribution in [0, 0.1) is 0 Å². The SMILES string of the molecule is CCOC(=O)N[C@@]1(c2c[nH]c3ccccc23)C(=O)N(C(=O)OC(C)(C)C)c2ccccc21. The van der Waals surface area contributed by atoms with E-state index in [2.05, 4.69) is 10.3 Å². The summed E-state index contributed by atoms with van der Waals surface area (Å²) in [6, 6.07) is 14.3. The lowest BCUT2D eigenvalue weighted by atomic mass is 9.83. The summed E-state index contributed by atoms with van der Waals surface area (Å²) < 4.78 is 10.6. The number of aromatic amines is 1. The number of rotatable bonds is 3. The maximum atomic E-state index is 14.0. The minimum atomic E-state index is -1.68. The minimum Gasteiger partial charge on any atom is -0.450 e. The summed E-state index contributed by atoms with van der Waals surface area (Å²) in [5.74, 6) is -0.647. The topological polar surface area (TPSA) is 101 Å². The molecule has 8 heteroatoms. The van der Waals surface area contributed by atoms with Gasteiger partial charge < -0.3 is 14.5 Å². The van der Waals surface area contributed by atoms with E-state index in [1.165, 1.54) is 0 Å². The van der Waals surface area contributed by atoms with Crippen LogP contribution < -0.4 is 10.2 Å². The van der Waals surface area contributed by atoms with Crippen molar-refractivity contribution in [1.29, 1.82) is 0 Å². The molecule has 1 atom stereocenters. The molecular formula is C24H25N3O5. The van der Waals surface area contributed by atoms with E-state index in [-0.39, 0.29) is 6.61 Å². The third-order valence-electron chi connectivity index (χ3n) is 5.21.